The molecular formula is C14H12O5. The Bertz CT molecular complexity index is 596. The number of carbonyl (C=O) groups excluding carboxylic acids is 2. The standard InChI is InChI=1S/C14H12O5/c1-8-11(15)12(19-13(8)16)10(14(17)18-2)9-6-4-3-5-7-9/h3-7,15H,1-2H3/b12-10+. The minimum atomic E-state index is -0.685. The highest BCUT2D eigenvalue weighted by Gasteiger charge is 2.32. The summed E-state index contributed by atoms with van der Waals surface area (Å²) in [5, 5.41) is 9.87. The van der Waals surface area contributed by atoms with Gasteiger partial charge in [0.05, 0.1) is 12.7 Å². The number of cyclic esters (lactones) is 1. The molecule has 1 N–H and O–H groups in total. The van der Waals surface area contributed by atoms with Gasteiger partial charge in [0.1, 0.15) is 5.57 Å². The van der Waals surface area contributed by atoms with E-state index in [1.807, 2.05) is 0 Å². The van der Waals surface area contributed by atoms with Crippen LogP contribution in [0.25, 0.3) is 5.57 Å². The summed E-state index contributed by atoms with van der Waals surface area (Å²) in [5.74, 6) is -1.87. The maximum Gasteiger partial charge on any atom is 0.343 e. The van der Waals surface area contributed by atoms with E-state index >= 15 is 0 Å². The molecule has 98 valence electrons. The Morgan fingerprint density at radius 1 is 1.26 bits per heavy atom. The third-order valence-corrected chi connectivity index (χ3v) is 2.75. The van der Waals surface area contributed by atoms with Gasteiger partial charge in [0.25, 0.3) is 0 Å². The molecule has 1 aromatic carbocycles. The molecule has 0 bridgehead atoms. The van der Waals surface area contributed by atoms with Gasteiger partial charge < -0.3 is 14.6 Å². The lowest BCUT2D eigenvalue weighted by Gasteiger charge is -2.09. The van der Waals surface area contributed by atoms with Crippen molar-refractivity contribution in [2.75, 3.05) is 7.11 Å². The van der Waals surface area contributed by atoms with Gasteiger partial charge in [-0.2, -0.15) is 0 Å². The van der Waals surface area contributed by atoms with Crippen molar-refractivity contribution in [3.8, 4) is 0 Å². The van der Waals surface area contributed by atoms with Crippen molar-refractivity contribution in [1.29, 1.82) is 0 Å². The molecule has 0 aromatic heterocycles. The van der Waals surface area contributed by atoms with Gasteiger partial charge in [0.2, 0.25) is 0 Å². The van der Waals surface area contributed by atoms with Crippen LogP contribution in [0.15, 0.2) is 47.4 Å². The number of hydrogen-bond acceptors (Lipinski definition) is 5. The molecule has 1 aromatic rings. The van der Waals surface area contributed by atoms with Crippen LogP contribution in [0.5, 0.6) is 0 Å². The zero-order chi connectivity index (χ0) is 14.0. The van der Waals surface area contributed by atoms with Gasteiger partial charge in [-0.05, 0) is 12.5 Å². The molecule has 19 heavy (non-hydrogen) atoms. The molecule has 0 atom stereocenters. The molecule has 1 aliphatic heterocycles. The molecule has 0 saturated carbocycles. The number of rotatable bonds is 2. The number of benzene rings is 1. The number of aliphatic hydroxyl groups is 1. The summed E-state index contributed by atoms with van der Waals surface area (Å²) in [6.07, 6.45) is 0. The molecule has 2 rings (SSSR count). The van der Waals surface area contributed by atoms with E-state index in [0.717, 1.165) is 0 Å². The number of ether oxygens (including phenoxy) is 2. The first-order chi connectivity index (χ1) is 9.06. The van der Waals surface area contributed by atoms with E-state index in [2.05, 4.69) is 4.74 Å². The molecule has 5 nitrogen and oxygen atoms in total. The monoisotopic (exact) mass is 260 g/mol. The molecule has 0 unspecified atom stereocenters. The number of esters is 2. The second kappa shape index (κ2) is 4.97. The Hall–Kier alpha value is -2.56. The highest BCUT2D eigenvalue weighted by molar-refractivity contribution is 6.19. The van der Waals surface area contributed by atoms with Crippen molar-refractivity contribution in [3.05, 3.63) is 53.0 Å². The average Bonchev–Trinajstić information content (AvgIpc) is 2.68. The third kappa shape index (κ3) is 2.22. The predicted octanol–water partition coefficient (Wildman–Crippen LogP) is 1.96. The summed E-state index contributed by atoms with van der Waals surface area (Å²) in [6, 6.07) is 8.55. The smallest absolute Gasteiger partial charge is 0.343 e. The van der Waals surface area contributed by atoms with Crippen molar-refractivity contribution in [3.63, 3.8) is 0 Å². The first-order valence-corrected chi connectivity index (χ1v) is 5.56. The molecule has 0 aliphatic carbocycles. The molecule has 0 spiro atoms. The van der Waals surface area contributed by atoms with Crippen molar-refractivity contribution in [1.82, 2.24) is 0 Å². The zero-order valence-corrected chi connectivity index (χ0v) is 10.5. The van der Waals surface area contributed by atoms with Gasteiger partial charge in [-0.3, -0.25) is 0 Å². The van der Waals surface area contributed by atoms with E-state index in [1.54, 1.807) is 30.3 Å². The Labute approximate surface area is 109 Å². The summed E-state index contributed by atoms with van der Waals surface area (Å²) < 4.78 is 9.62. The summed E-state index contributed by atoms with van der Waals surface area (Å²) in [7, 11) is 1.22. The summed E-state index contributed by atoms with van der Waals surface area (Å²) >= 11 is 0. The Balaban J connectivity index is 2.64. The number of aliphatic hydroxyl groups excluding tert-OH is 1. The predicted molar refractivity (Wildman–Crippen MR) is 66.8 cm³/mol. The van der Waals surface area contributed by atoms with Gasteiger partial charge in [-0.25, -0.2) is 9.59 Å². The number of hydrogen-bond donors (Lipinski definition) is 1. The summed E-state index contributed by atoms with van der Waals surface area (Å²) in [4.78, 5) is 23.3. The fourth-order valence-electron chi connectivity index (χ4n) is 1.70. The lowest BCUT2D eigenvalue weighted by atomic mass is 10.0. The number of methoxy groups -OCH3 is 1. The number of carbonyl (C=O) groups is 2. The van der Waals surface area contributed by atoms with Crippen LogP contribution in [0.2, 0.25) is 0 Å². The Morgan fingerprint density at radius 2 is 1.89 bits per heavy atom. The normalized spacial score (nSPS) is 17.3. The van der Waals surface area contributed by atoms with Crippen LogP contribution in [-0.2, 0) is 19.1 Å². The van der Waals surface area contributed by atoms with Crippen LogP contribution >= 0.6 is 0 Å². The molecule has 0 radical (unpaired) electrons. The lowest BCUT2D eigenvalue weighted by molar-refractivity contribution is -0.134. The quantitative estimate of drug-likeness (QED) is 0.650. The van der Waals surface area contributed by atoms with Gasteiger partial charge >= 0.3 is 11.9 Å². The van der Waals surface area contributed by atoms with Crippen molar-refractivity contribution < 1.29 is 24.2 Å². The minimum Gasteiger partial charge on any atom is -0.504 e. The Morgan fingerprint density at radius 3 is 2.37 bits per heavy atom. The highest BCUT2D eigenvalue weighted by Crippen LogP contribution is 2.31. The minimum absolute atomic E-state index is 0.0193. The molecule has 1 aliphatic rings. The van der Waals surface area contributed by atoms with Gasteiger partial charge in [0, 0.05) is 0 Å². The van der Waals surface area contributed by atoms with E-state index in [0.29, 0.717) is 5.56 Å². The van der Waals surface area contributed by atoms with Gasteiger partial charge in [-0.1, -0.05) is 30.3 Å². The first-order valence-electron chi connectivity index (χ1n) is 5.56. The van der Waals surface area contributed by atoms with Crippen LogP contribution in [0, 0.1) is 0 Å². The fraction of sp³-hybridized carbons (Fsp3) is 0.143. The Kier molecular flexibility index (Phi) is 3.37. The summed E-state index contributed by atoms with van der Waals surface area (Å²) in [6.45, 7) is 1.42. The van der Waals surface area contributed by atoms with Gasteiger partial charge in [0.15, 0.2) is 11.5 Å². The molecule has 0 amide bonds. The highest BCUT2D eigenvalue weighted by atomic mass is 16.6. The SMILES string of the molecule is COC(=O)/C(=C1/OC(=O)C(C)=C1O)c1ccccc1. The fourth-order valence-corrected chi connectivity index (χ4v) is 1.70. The van der Waals surface area contributed by atoms with Crippen LogP contribution in [0.4, 0.5) is 0 Å². The maximum absolute atomic E-state index is 11.9. The van der Waals surface area contributed by atoms with Crippen molar-refractivity contribution >= 4 is 17.5 Å². The van der Waals surface area contributed by atoms with Crippen LogP contribution in [0.1, 0.15) is 12.5 Å². The van der Waals surface area contributed by atoms with E-state index in [4.69, 9.17) is 4.74 Å². The van der Waals surface area contributed by atoms with Gasteiger partial charge in [-0.15, -0.1) is 0 Å². The average molecular weight is 260 g/mol. The zero-order valence-electron chi connectivity index (χ0n) is 10.5. The van der Waals surface area contributed by atoms with Crippen molar-refractivity contribution in [2.45, 2.75) is 6.92 Å². The van der Waals surface area contributed by atoms with Crippen LogP contribution in [0.3, 0.4) is 0 Å². The third-order valence-electron chi connectivity index (χ3n) is 2.75. The first kappa shape index (κ1) is 12.9. The molecule has 0 saturated heterocycles. The molecule has 5 heteroatoms. The van der Waals surface area contributed by atoms with E-state index in [9.17, 15) is 14.7 Å². The summed E-state index contributed by atoms with van der Waals surface area (Å²) in [5.41, 5.74) is 0.580. The molecular weight excluding hydrogens is 248 g/mol. The second-order valence-corrected chi connectivity index (χ2v) is 3.92. The van der Waals surface area contributed by atoms with E-state index in [1.165, 1.54) is 14.0 Å². The lowest BCUT2D eigenvalue weighted by Crippen LogP contribution is -2.09. The van der Waals surface area contributed by atoms with Crippen molar-refractivity contribution in [2.24, 2.45) is 0 Å². The van der Waals surface area contributed by atoms with Crippen LogP contribution < -0.4 is 0 Å². The van der Waals surface area contributed by atoms with Crippen LogP contribution in [-0.4, -0.2) is 24.2 Å². The second-order valence-electron chi connectivity index (χ2n) is 3.92. The topological polar surface area (TPSA) is 72.8 Å². The molecule has 0 fully saturated rings. The van der Waals surface area contributed by atoms with E-state index < -0.39 is 11.9 Å². The maximum atomic E-state index is 11.9. The largest absolute Gasteiger partial charge is 0.504 e. The molecule has 1 heterocycles. The van der Waals surface area contributed by atoms with E-state index in [-0.39, 0.29) is 22.7 Å².